The van der Waals surface area contributed by atoms with Gasteiger partial charge in [-0.05, 0) is 39.2 Å². The first-order chi connectivity index (χ1) is 14.6. The van der Waals surface area contributed by atoms with Crippen LogP contribution in [-0.2, 0) is 11.3 Å². The summed E-state index contributed by atoms with van der Waals surface area (Å²) < 4.78 is 42.2. The number of alkyl halides is 2. The number of nitrogens with zero attached hydrogens (tertiary/aromatic N) is 1. The van der Waals surface area contributed by atoms with Crippen LogP contribution in [0.3, 0.4) is 0 Å². The molecule has 3 fully saturated rings. The summed E-state index contributed by atoms with van der Waals surface area (Å²) in [6.07, 6.45) is 5.08. The topological polar surface area (TPSA) is 64.1 Å². The molecule has 4 rings (SSSR count). The number of halogens is 2. The molecule has 8 heteroatoms. The lowest BCUT2D eigenvalue weighted by atomic mass is 9.46. The molecule has 0 amide bonds. The van der Waals surface area contributed by atoms with Crippen LogP contribution in [0.4, 0.5) is 8.78 Å². The molecule has 0 aromatic heterocycles. The molecule has 3 unspecified atom stereocenters. The van der Waals surface area contributed by atoms with Crippen LogP contribution >= 0.6 is 0 Å². The number of rotatable bonds is 8. The van der Waals surface area contributed by atoms with Crippen LogP contribution in [0.2, 0.25) is 0 Å². The van der Waals surface area contributed by atoms with Crippen molar-refractivity contribution in [3.05, 3.63) is 23.8 Å². The van der Waals surface area contributed by atoms with Crippen molar-refractivity contribution in [3.8, 4) is 11.5 Å². The number of hydrogen-bond acceptors (Lipinski definition) is 4. The van der Waals surface area contributed by atoms with Crippen molar-refractivity contribution in [1.29, 1.82) is 0 Å². The van der Waals surface area contributed by atoms with Gasteiger partial charge >= 0.3 is 6.61 Å². The normalized spacial score (nSPS) is 26.7. The minimum Gasteiger partial charge on any atom is -0.490 e. The van der Waals surface area contributed by atoms with Crippen molar-refractivity contribution in [2.24, 2.45) is 16.3 Å². The Morgan fingerprint density at radius 3 is 2.83 bits per heavy atom. The van der Waals surface area contributed by atoms with Crippen LogP contribution in [0.25, 0.3) is 0 Å². The quantitative estimate of drug-likeness (QED) is 0.493. The Morgan fingerprint density at radius 1 is 1.33 bits per heavy atom. The Labute approximate surface area is 176 Å². The maximum absolute atomic E-state index is 13.0. The lowest BCUT2D eigenvalue weighted by molar-refractivity contribution is -0.171. The van der Waals surface area contributed by atoms with E-state index in [2.05, 4.69) is 15.6 Å². The highest BCUT2D eigenvalue weighted by Crippen LogP contribution is 2.62. The van der Waals surface area contributed by atoms with Gasteiger partial charge in [-0.2, -0.15) is 8.78 Å². The van der Waals surface area contributed by atoms with Crippen LogP contribution in [0, 0.1) is 11.3 Å². The van der Waals surface area contributed by atoms with Gasteiger partial charge in [0.05, 0.1) is 19.3 Å². The molecule has 1 spiro atoms. The molecule has 6 nitrogen and oxygen atoms in total. The molecule has 1 aromatic carbocycles. The molecule has 0 bridgehead atoms. The fourth-order valence-corrected chi connectivity index (χ4v) is 5.27. The standard InChI is InChI=1S/C22H31F2N3O3/c1-3-25-21(27-18-15-9-12-29-19(15)22(18)10-6-11-22)26-13-14-7-5-8-16(28-4-2)17(14)30-20(23)24/h5,7-8,15,18-20H,3-4,6,9-13H2,1-2H3,(H2,25,26,27). The monoisotopic (exact) mass is 423 g/mol. The van der Waals surface area contributed by atoms with E-state index in [1.165, 1.54) is 19.3 Å². The zero-order chi connectivity index (χ0) is 21.1. The molecule has 1 heterocycles. The van der Waals surface area contributed by atoms with Gasteiger partial charge in [0.25, 0.3) is 0 Å². The van der Waals surface area contributed by atoms with Crippen molar-refractivity contribution in [1.82, 2.24) is 10.6 Å². The van der Waals surface area contributed by atoms with E-state index >= 15 is 0 Å². The smallest absolute Gasteiger partial charge is 0.387 e. The summed E-state index contributed by atoms with van der Waals surface area (Å²) in [6, 6.07) is 5.49. The Bertz CT molecular complexity index is 770. The highest BCUT2D eigenvalue weighted by Gasteiger charge is 2.66. The molecule has 166 valence electrons. The Hall–Kier alpha value is -2.09. The molecule has 1 aromatic rings. The third-order valence-corrected chi connectivity index (χ3v) is 6.65. The van der Waals surface area contributed by atoms with Crippen LogP contribution in [-0.4, -0.2) is 44.5 Å². The molecule has 2 N–H and O–H groups in total. The van der Waals surface area contributed by atoms with Gasteiger partial charge in [0.2, 0.25) is 0 Å². The maximum Gasteiger partial charge on any atom is 0.387 e. The van der Waals surface area contributed by atoms with Gasteiger partial charge in [0, 0.05) is 36.1 Å². The van der Waals surface area contributed by atoms with E-state index in [1.54, 1.807) is 25.1 Å². The Morgan fingerprint density at radius 2 is 2.17 bits per heavy atom. The van der Waals surface area contributed by atoms with E-state index in [0.717, 1.165) is 19.6 Å². The number of para-hydroxylation sites is 1. The van der Waals surface area contributed by atoms with E-state index < -0.39 is 6.61 Å². The second kappa shape index (κ2) is 8.96. The summed E-state index contributed by atoms with van der Waals surface area (Å²) in [4.78, 5) is 4.69. The second-order valence-electron chi connectivity index (χ2n) is 8.20. The van der Waals surface area contributed by atoms with Gasteiger partial charge in [-0.15, -0.1) is 0 Å². The first kappa shape index (κ1) is 21.2. The molecular weight excluding hydrogens is 392 g/mol. The number of benzene rings is 1. The third kappa shape index (κ3) is 3.82. The van der Waals surface area contributed by atoms with E-state index in [4.69, 9.17) is 14.2 Å². The molecule has 0 radical (unpaired) electrons. The molecular formula is C22H31F2N3O3. The van der Waals surface area contributed by atoms with Gasteiger partial charge in [0.15, 0.2) is 17.5 Å². The number of fused-ring (bicyclic) bond motifs is 2. The highest BCUT2D eigenvalue weighted by molar-refractivity contribution is 5.80. The minimum absolute atomic E-state index is 0.0531. The number of hydrogen-bond donors (Lipinski definition) is 2. The molecule has 30 heavy (non-hydrogen) atoms. The molecule has 1 aliphatic heterocycles. The van der Waals surface area contributed by atoms with Crippen LogP contribution < -0.4 is 20.1 Å². The fourth-order valence-electron chi connectivity index (χ4n) is 5.27. The van der Waals surface area contributed by atoms with E-state index in [0.29, 0.717) is 41.9 Å². The number of ether oxygens (including phenoxy) is 3. The van der Waals surface area contributed by atoms with Crippen molar-refractivity contribution in [2.45, 2.75) is 64.8 Å². The molecule has 2 saturated carbocycles. The zero-order valence-corrected chi connectivity index (χ0v) is 17.6. The summed E-state index contributed by atoms with van der Waals surface area (Å²) >= 11 is 0. The lowest BCUT2D eigenvalue weighted by Gasteiger charge is -2.63. The minimum atomic E-state index is -2.92. The molecule has 1 saturated heterocycles. The SMILES string of the molecule is CCNC(=NCc1cccc(OCC)c1OC(F)F)NC1C2CCOC2C12CCC2. The summed E-state index contributed by atoms with van der Waals surface area (Å²) in [7, 11) is 0. The fraction of sp³-hybridized carbons (Fsp3) is 0.682. The van der Waals surface area contributed by atoms with Crippen LogP contribution in [0.1, 0.15) is 45.1 Å². The molecule has 2 aliphatic carbocycles. The van der Waals surface area contributed by atoms with Crippen molar-refractivity contribution < 1.29 is 23.0 Å². The third-order valence-electron chi connectivity index (χ3n) is 6.65. The van der Waals surface area contributed by atoms with Crippen LogP contribution in [0.15, 0.2) is 23.2 Å². The highest BCUT2D eigenvalue weighted by atomic mass is 19.3. The van der Waals surface area contributed by atoms with Gasteiger partial charge in [-0.3, -0.25) is 0 Å². The van der Waals surface area contributed by atoms with E-state index in [1.807, 2.05) is 6.92 Å². The Kier molecular flexibility index (Phi) is 6.32. The predicted molar refractivity (Wildman–Crippen MR) is 110 cm³/mol. The summed E-state index contributed by atoms with van der Waals surface area (Å²) in [5.74, 6) is 1.58. The number of guanidine groups is 1. The second-order valence-corrected chi connectivity index (χ2v) is 8.20. The van der Waals surface area contributed by atoms with Gasteiger partial charge < -0.3 is 24.8 Å². The van der Waals surface area contributed by atoms with Crippen molar-refractivity contribution in [3.63, 3.8) is 0 Å². The molecule has 3 atom stereocenters. The van der Waals surface area contributed by atoms with Gasteiger partial charge in [0.1, 0.15) is 0 Å². The Balaban J connectivity index is 1.51. The van der Waals surface area contributed by atoms with E-state index in [9.17, 15) is 8.78 Å². The molecule has 3 aliphatic rings. The first-order valence-corrected chi connectivity index (χ1v) is 10.9. The average Bonchev–Trinajstić information content (AvgIpc) is 3.09. The van der Waals surface area contributed by atoms with Crippen molar-refractivity contribution in [2.75, 3.05) is 19.8 Å². The first-order valence-electron chi connectivity index (χ1n) is 10.9. The zero-order valence-electron chi connectivity index (χ0n) is 17.6. The maximum atomic E-state index is 13.0. The van der Waals surface area contributed by atoms with Crippen molar-refractivity contribution >= 4 is 5.96 Å². The van der Waals surface area contributed by atoms with Crippen LogP contribution in [0.5, 0.6) is 11.5 Å². The number of nitrogens with one attached hydrogen (secondary N) is 2. The largest absolute Gasteiger partial charge is 0.490 e. The number of aliphatic imine (C=N–C) groups is 1. The van der Waals surface area contributed by atoms with Gasteiger partial charge in [-0.25, -0.2) is 4.99 Å². The summed E-state index contributed by atoms with van der Waals surface area (Å²) in [5, 5.41) is 6.92. The van der Waals surface area contributed by atoms with Gasteiger partial charge in [-0.1, -0.05) is 18.6 Å². The average molecular weight is 424 g/mol. The van der Waals surface area contributed by atoms with E-state index in [-0.39, 0.29) is 17.7 Å². The summed E-state index contributed by atoms with van der Waals surface area (Å²) in [5.41, 5.74) is 0.795. The lowest BCUT2D eigenvalue weighted by Crippen LogP contribution is -2.72. The summed E-state index contributed by atoms with van der Waals surface area (Å²) in [6.45, 7) is 3.02. The predicted octanol–water partition coefficient (Wildman–Crippen LogP) is 3.70.